The van der Waals surface area contributed by atoms with Gasteiger partial charge in [-0.3, -0.25) is 28.9 Å². The summed E-state index contributed by atoms with van der Waals surface area (Å²) in [5.74, 6) is 1.47. The second-order valence-corrected chi connectivity index (χ2v) is 14.6. The largest absolute Gasteiger partial charge is 0.495 e. The van der Waals surface area contributed by atoms with E-state index in [1.165, 1.54) is 23.9 Å². The monoisotopic (exact) mass is 752 g/mol. The molecule has 0 spiro atoms. The van der Waals surface area contributed by atoms with Gasteiger partial charge in [0.05, 0.1) is 23.2 Å². The van der Waals surface area contributed by atoms with Crippen LogP contribution in [0.3, 0.4) is 0 Å². The number of aromatic amines is 1. The number of carbonyl (C=O) groups excluding carboxylic acids is 1. The highest BCUT2D eigenvalue weighted by atomic mass is 35.5. The predicted molar refractivity (Wildman–Crippen MR) is 209 cm³/mol. The highest BCUT2D eigenvalue weighted by Gasteiger charge is 2.28. The number of halogens is 1. The Kier molecular flexibility index (Phi) is 11.3. The standard InChI is InChI=1S/C41H45ClN6O6/c1-3-4-16-47-26-33(31-9-15-43-24-32(31)40(47)51)28-5-7-36(34(42)22-28)54-30-12-17-45(18-13-30)25-27-10-19-46(20-11-27)39(50)29-6-8-37(53-2)35(23-29)48-21-14-38(49)44-41(48)52/h5-9,14-15,21-24,26-27,30H,3-4,10-13,16-20,25H2,1-2H3,(H,44,49,52). The molecule has 2 fully saturated rings. The zero-order valence-electron chi connectivity index (χ0n) is 30.6. The van der Waals surface area contributed by atoms with E-state index in [0.29, 0.717) is 58.7 Å². The lowest BCUT2D eigenvalue weighted by Gasteiger charge is -2.37. The molecule has 0 bridgehead atoms. The van der Waals surface area contributed by atoms with Crippen molar-refractivity contribution in [3.05, 3.63) is 115 Å². The van der Waals surface area contributed by atoms with Crippen molar-refractivity contribution in [1.29, 1.82) is 0 Å². The number of methoxy groups -OCH3 is 1. The number of hydrogen-bond acceptors (Lipinski definition) is 8. The van der Waals surface area contributed by atoms with Gasteiger partial charge in [0.25, 0.3) is 17.0 Å². The van der Waals surface area contributed by atoms with E-state index in [0.717, 1.165) is 74.7 Å². The molecule has 0 radical (unpaired) electrons. The molecule has 282 valence electrons. The van der Waals surface area contributed by atoms with E-state index in [-0.39, 0.29) is 17.6 Å². The molecule has 0 aliphatic carbocycles. The fourth-order valence-electron chi connectivity index (χ4n) is 7.60. The molecule has 2 saturated heterocycles. The van der Waals surface area contributed by atoms with Gasteiger partial charge in [0.2, 0.25) is 0 Å². The van der Waals surface area contributed by atoms with Crippen LogP contribution in [0.4, 0.5) is 0 Å². The van der Waals surface area contributed by atoms with E-state index < -0.39 is 11.2 Å². The lowest BCUT2D eigenvalue weighted by Crippen LogP contribution is -2.44. The second-order valence-electron chi connectivity index (χ2n) is 14.2. The summed E-state index contributed by atoms with van der Waals surface area (Å²) in [7, 11) is 1.49. The number of piperidine rings is 2. The number of unbranched alkanes of at least 4 members (excludes halogenated alkanes) is 1. The predicted octanol–water partition coefficient (Wildman–Crippen LogP) is 5.76. The first-order chi connectivity index (χ1) is 26.2. The molecule has 7 rings (SSSR count). The van der Waals surface area contributed by atoms with Crippen LogP contribution < -0.4 is 26.3 Å². The average Bonchev–Trinajstić information content (AvgIpc) is 3.19. The molecule has 5 heterocycles. The number of amides is 1. The van der Waals surface area contributed by atoms with Gasteiger partial charge in [-0.05, 0) is 85.4 Å². The number of aryl methyl sites for hydroxylation is 1. The first-order valence-electron chi connectivity index (χ1n) is 18.7. The molecule has 13 heteroatoms. The lowest BCUT2D eigenvalue weighted by atomic mass is 9.94. The van der Waals surface area contributed by atoms with Crippen LogP contribution in [0.5, 0.6) is 11.5 Å². The third-order valence-electron chi connectivity index (χ3n) is 10.6. The minimum Gasteiger partial charge on any atom is -0.495 e. The molecule has 3 aromatic heterocycles. The lowest BCUT2D eigenvalue weighted by molar-refractivity contribution is 0.0606. The summed E-state index contributed by atoms with van der Waals surface area (Å²) in [6.07, 6.45) is 12.2. The summed E-state index contributed by atoms with van der Waals surface area (Å²) < 4.78 is 14.9. The molecule has 54 heavy (non-hydrogen) atoms. The number of carbonyl (C=O) groups is 1. The highest BCUT2D eigenvalue weighted by Crippen LogP contribution is 2.35. The topological polar surface area (TPSA) is 132 Å². The molecule has 1 N–H and O–H groups in total. The third kappa shape index (κ3) is 8.00. The zero-order valence-corrected chi connectivity index (χ0v) is 31.4. The molecule has 0 atom stereocenters. The fraction of sp³-hybridized carbons (Fsp3) is 0.390. The van der Waals surface area contributed by atoms with Gasteiger partial charge in [-0.1, -0.05) is 31.0 Å². The summed E-state index contributed by atoms with van der Waals surface area (Å²) in [5, 5.41) is 1.99. The van der Waals surface area contributed by atoms with Gasteiger partial charge >= 0.3 is 5.69 Å². The molecule has 2 aliphatic rings. The van der Waals surface area contributed by atoms with Crippen LogP contribution in [0.1, 0.15) is 55.8 Å². The van der Waals surface area contributed by atoms with Gasteiger partial charge in [-0.2, -0.15) is 0 Å². The third-order valence-corrected chi connectivity index (χ3v) is 10.9. The first kappa shape index (κ1) is 37.1. The van der Waals surface area contributed by atoms with E-state index in [1.807, 2.05) is 35.4 Å². The zero-order chi connectivity index (χ0) is 37.8. The number of nitrogens with zero attached hydrogens (tertiary/aromatic N) is 5. The van der Waals surface area contributed by atoms with E-state index in [4.69, 9.17) is 21.1 Å². The van der Waals surface area contributed by atoms with Crippen molar-refractivity contribution in [3.63, 3.8) is 0 Å². The SMILES string of the molecule is CCCCn1cc(-c2ccc(OC3CCN(CC4CCN(C(=O)c5ccc(OC)c(-n6ccc(=O)[nH]c6=O)c5)CC4)CC3)c(Cl)c2)c2ccncc2c1=O. The van der Waals surface area contributed by atoms with Crippen LogP contribution in [0.15, 0.2) is 87.7 Å². The van der Waals surface area contributed by atoms with E-state index in [9.17, 15) is 19.2 Å². The van der Waals surface area contributed by atoms with Crippen molar-refractivity contribution in [2.75, 3.05) is 39.8 Å². The van der Waals surface area contributed by atoms with Crippen LogP contribution in [-0.4, -0.2) is 80.7 Å². The van der Waals surface area contributed by atoms with Crippen molar-refractivity contribution < 1.29 is 14.3 Å². The number of hydrogen-bond donors (Lipinski definition) is 1. The van der Waals surface area contributed by atoms with Crippen LogP contribution in [-0.2, 0) is 6.54 Å². The molecule has 2 aromatic carbocycles. The molecule has 2 aliphatic heterocycles. The Morgan fingerprint density at radius 2 is 1.72 bits per heavy atom. The Balaban J connectivity index is 0.921. The molecule has 1 amide bonds. The van der Waals surface area contributed by atoms with Gasteiger partial charge in [0.15, 0.2) is 0 Å². The number of pyridine rings is 2. The number of nitrogens with one attached hydrogen (secondary N) is 1. The highest BCUT2D eigenvalue weighted by molar-refractivity contribution is 6.32. The maximum absolute atomic E-state index is 13.5. The summed E-state index contributed by atoms with van der Waals surface area (Å²) in [6.45, 7) is 6.91. The Bertz CT molecular complexity index is 2320. The van der Waals surface area contributed by atoms with E-state index in [2.05, 4.69) is 21.8 Å². The number of H-pyrrole nitrogens is 1. The average molecular weight is 753 g/mol. The molecule has 0 unspecified atom stereocenters. The number of rotatable bonds is 11. The summed E-state index contributed by atoms with van der Waals surface area (Å²) in [5.41, 5.74) is 1.58. The van der Waals surface area contributed by atoms with Crippen LogP contribution >= 0.6 is 11.6 Å². The smallest absolute Gasteiger partial charge is 0.333 e. The number of ether oxygens (including phenoxy) is 2. The second kappa shape index (κ2) is 16.4. The number of fused-ring (bicyclic) bond motifs is 1. The molecule has 0 saturated carbocycles. The fourth-order valence-corrected chi connectivity index (χ4v) is 7.83. The van der Waals surface area contributed by atoms with Crippen molar-refractivity contribution >= 4 is 28.3 Å². The summed E-state index contributed by atoms with van der Waals surface area (Å²) in [6, 6.07) is 14.0. The van der Waals surface area contributed by atoms with Crippen molar-refractivity contribution in [3.8, 4) is 28.3 Å². The summed E-state index contributed by atoms with van der Waals surface area (Å²) >= 11 is 6.82. The molecule has 5 aromatic rings. The van der Waals surface area contributed by atoms with Gasteiger partial charge in [0, 0.05) is 81.2 Å². The Morgan fingerprint density at radius 1 is 0.944 bits per heavy atom. The normalized spacial score (nSPS) is 15.8. The Labute approximate surface area is 317 Å². The quantitative estimate of drug-likeness (QED) is 0.180. The molecular formula is C41H45ClN6O6. The van der Waals surface area contributed by atoms with Crippen molar-refractivity contribution in [1.82, 2.24) is 28.9 Å². The number of aromatic nitrogens is 4. The summed E-state index contributed by atoms with van der Waals surface area (Å²) in [4.78, 5) is 61.5. The van der Waals surface area contributed by atoms with Crippen LogP contribution in [0, 0.1) is 5.92 Å². The van der Waals surface area contributed by atoms with E-state index in [1.54, 1.807) is 35.2 Å². The van der Waals surface area contributed by atoms with Gasteiger partial charge in [-0.25, -0.2) is 4.79 Å². The minimum atomic E-state index is -0.605. The van der Waals surface area contributed by atoms with Crippen molar-refractivity contribution in [2.24, 2.45) is 5.92 Å². The van der Waals surface area contributed by atoms with Gasteiger partial charge in [-0.15, -0.1) is 0 Å². The number of likely N-dealkylation sites (tertiary alicyclic amines) is 2. The van der Waals surface area contributed by atoms with Gasteiger partial charge < -0.3 is 23.8 Å². The Morgan fingerprint density at radius 3 is 2.44 bits per heavy atom. The molecular weight excluding hydrogens is 708 g/mol. The maximum atomic E-state index is 13.5. The molecule has 12 nitrogen and oxygen atoms in total. The van der Waals surface area contributed by atoms with Crippen LogP contribution in [0.2, 0.25) is 5.02 Å². The first-order valence-corrected chi connectivity index (χ1v) is 19.1. The Hall–Kier alpha value is -5.20. The van der Waals surface area contributed by atoms with E-state index >= 15 is 0 Å². The van der Waals surface area contributed by atoms with Crippen LogP contribution in [0.25, 0.3) is 27.6 Å². The minimum absolute atomic E-state index is 0.0294. The number of benzene rings is 2. The maximum Gasteiger partial charge on any atom is 0.333 e. The van der Waals surface area contributed by atoms with Crippen molar-refractivity contribution in [2.45, 2.75) is 58.1 Å². The van der Waals surface area contributed by atoms with Gasteiger partial charge in [0.1, 0.15) is 17.6 Å².